The van der Waals surface area contributed by atoms with E-state index in [9.17, 15) is 24.8 Å². The normalized spacial score (nSPS) is 10.9. The maximum absolute atomic E-state index is 11.6. The summed E-state index contributed by atoms with van der Waals surface area (Å²) in [5.41, 5.74) is 2.57. The minimum absolute atomic E-state index is 0.0282. The van der Waals surface area contributed by atoms with E-state index in [4.69, 9.17) is 11.6 Å². The summed E-state index contributed by atoms with van der Waals surface area (Å²) in [5, 5.41) is 20.1. The van der Waals surface area contributed by atoms with Crippen LogP contribution in [0.2, 0.25) is 5.02 Å². The largest absolute Gasteiger partial charge is 0.381 e. The fraction of sp³-hybridized carbons (Fsp3) is 0.333. The van der Waals surface area contributed by atoms with Crippen molar-refractivity contribution < 1.29 is 19.6 Å². The predicted octanol–water partition coefficient (Wildman–Crippen LogP) is 0.709. The Morgan fingerprint density at radius 1 is 1.38 bits per heavy atom. The molecule has 0 aliphatic heterocycles. The van der Waals surface area contributed by atoms with E-state index in [1.54, 1.807) is 0 Å². The molecular formula is C12H14ClN3O5. The van der Waals surface area contributed by atoms with Gasteiger partial charge in [0.15, 0.2) is 0 Å². The number of rotatable bonds is 4. The van der Waals surface area contributed by atoms with E-state index in [0.717, 1.165) is 0 Å². The first kappa shape index (κ1) is 16.9. The molecule has 0 fully saturated rings. The Hall–Kier alpha value is -2.19. The average Bonchev–Trinajstić information content (AvgIpc) is 2.36. The third-order valence-corrected chi connectivity index (χ3v) is 2.76. The molecule has 0 saturated carbocycles. The van der Waals surface area contributed by atoms with Crippen LogP contribution in [0.15, 0.2) is 18.2 Å². The van der Waals surface area contributed by atoms with E-state index in [0.29, 0.717) is 5.56 Å². The van der Waals surface area contributed by atoms with Gasteiger partial charge in [-0.1, -0.05) is 17.7 Å². The number of amides is 2. The zero-order valence-electron chi connectivity index (χ0n) is 11.3. The van der Waals surface area contributed by atoms with Crippen LogP contribution in [-0.4, -0.2) is 27.4 Å². The fourth-order valence-corrected chi connectivity index (χ4v) is 1.50. The van der Waals surface area contributed by atoms with Crippen LogP contribution < -0.4 is 10.9 Å². The second-order valence-electron chi connectivity index (χ2n) is 4.78. The Labute approximate surface area is 125 Å². The third-order valence-electron chi connectivity index (χ3n) is 2.44. The van der Waals surface area contributed by atoms with Gasteiger partial charge in [-0.05, 0) is 25.5 Å². The number of nitrogens with one attached hydrogen (secondary N) is 2. The van der Waals surface area contributed by atoms with Crippen LogP contribution in [0.1, 0.15) is 19.4 Å². The molecule has 0 unspecified atom stereocenters. The number of halogens is 1. The van der Waals surface area contributed by atoms with Crippen molar-refractivity contribution in [2.45, 2.75) is 25.9 Å². The Kier molecular flexibility index (Phi) is 5.23. The van der Waals surface area contributed by atoms with Crippen molar-refractivity contribution in [2.75, 3.05) is 0 Å². The molecule has 0 radical (unpaired) electrons. The summed E-state index contributed by atoms with van der Waals surface area (Å²) < 4.78 is 0. The maximum atomic E-state index is 11.6. The summed E-state index contributed by atoms with van der Waals surface area (Å²) in [6.07, 6.45) is -0.190. The number of carbonyl (C=O) groups is 2. The van der Waals surface area contributed by atoms with Crippen LogP contribution in [0.25, 0.3) is 0 Å². The highest BCUT2D eigenvalue weighted by molar-refractivity contribution is 6.32. The van der Waals surface area contributed by atoms with Crippen LogP contribution in [0.3, 0.4) is 0 Å². The SMILES string of the molecule is CC(C)(O)C(=O)NNC(=O)Cc1ccc(Cl)c([N+](=O)[O-])c1. The van der Waals surface area contributed by atoms with Gasteiger partial charge in [-0.25, -0.2) is 0 Å². The molecule has 0 aliphatic carbocycles. The second kappa shape index (κ2) is 6.51. The molecule has 0 saturated heterocycles. The highest BCUT2D eigenvalue weighted by atomic mass is 35.5. The van der Waals surface area contributed by atoms with Crippen molar-refractivity contribution in [3.05, 3.63) is 38.9 Å². The Morgan fingerprint density at radius 2 is 2.00 bits per heavy atom. The standard InChI is InChI=1S/C12H14ClN3O5/c1-12(2,19)11(18)15-14-10(17)6-7-3-4-8(13)9(5-7)16(20)21/h3-5,19H,6H2,1-2H3,(H,14,17)(H,15,18). The van der Waals surface area contributed by atoms with Gasteiger partial charge in [-0.3, -0.25) is 30.6 Å². The first-order chi connectivity index (χ1) is 9.61. The van der Waals surface area contributed by atoms with Gasteiger partial charge in [0.2, 0.25) is 5.91 Å². The number of hydrogen-bond donors (Lipinski definition) is 3. The molecule has 0 aliphatic rings. The Balaban J connectivity index is 2.66. The van der Waals surface area contributed by atoms with Crippen LogP contribution in [-0.2, 0) is 16.0 Å². The summed E-state index contributed by atoms with van der Waals surface area (Å²) >= 11 is 5.65. The second-order valence-corrected chi connectivity index (χ2v) is 5.19. The zero-order chi connectivity index (χ0) is 16.2. The quantitative estimate of drug-likeness (QED) is 0.558. The van der Waals surface area contributed by atoms with Crippen molar-refractivity contribution in [2.24, 2.45) is 0 Å². The van der Waals surface area contributed by atoms with Gasteiger partial charge >= 0.3 is 0 Å². The lowest BCUT2D eigenvalue weighted by molar-refractivity contribution is -0.384. The summed E-state index contributed by atoms with van der Waals surface area (Å²) in [4.78, 5) is 33.0. The van der Waals surface area contributed by atoms with Gasteiger partial charge in [-0.2, -0.15) is 0 Å². The molecule has 0 aromatic heterocycles. The molecule has 0 bridgehead atoms. The molecule has 1 aromatic carbocycles. The van der Waals surface area contributed by atoms with Crippen molar-refractivity contribution in [3.8, 4) is 0 Å². The van der Waals surface area contributed by atoms with Crippen molar-refractivity contribution in [3.63, 3.8) is 0 Å². The lowest BCUT2D eigenvalue weighted by Crippen LogP contribution is -2.50. The minimum atomic E-state index is -1.63. The Morgan fingerprint density at radius 3 is 2.52 bits per heavy atom. The molecular weight excluding hydrogens is 302 g/mol. The van der Waals surface area contributed by atoms with Crippen LogP contribution in [0.5, 0.6) is 0 Å². The van der Waals surface area contributed by atoms with E-state index >= 15 is 0 Å². The molecule has 9 heteroatoms. The lowest BCUT2D eigenvalue weighted by Gasteiger charge is -2.16. The highest BCUT2D eigenvalue weighted by Gasteiger charge is 2.24. The van der Waals surface area contributed by atoms with Gasteiger partial charge in [0.1, 0.15) is 10.6 Å². The minimum Gasteiger partial charge on any atom is -0.381 e. The molecule has 0 heterocycles. The van der Waals surface area contributed by atoms with Crippen molar-refractivity contribution >= 4 is 29.1 Å². The topological polar surface area (TPSA) is 122 Å². The molecule has 8 nitrogen and oxygen atoms in total. The van der Waals surface area contributed by atoms with Gasteiger partial charge in [0.25, 0.3) is 11.6 Å². The predicted molar refractivity (Wildman–Crippen MR) is 74.4 cm³/mol. The molecule has 1 aromatic rings. The molecule has 2 amide bonds. The zero-order valence-corrected chi connectivity index (χ0v) is 12.1. The van der Waals surface area contributed by atoms with Gasteiger partial charge in [0, 0.05) is 6.07 Å². The molecule has 1 rings (SSSR count). The number of aliphatic hydroxyl groups is 1. The number of nitrogens with zero attached hydrogens (tertiary/aromatic N) is 1. The van der Waals surface area contributed by atoms with Crippen molar-refractivity contribution in [1.29, 1.82) is 0 Å². The monoisotopic (exact) mass is 315 g/mol. The lowest BCUT2D eigenvalue weighted by atomic mass is 10.1. The van der Waals surface area contributed by atoms with Gasteiger partial charge in [0.05, 0.1) is 11.3 Å². The number of nitro groups is 1. The van der Waals surface area contributed by atoms with E-state index in [2.05, 4.69) is 5.43 Å². The smallest absolute Gasteiger partial charge is 0.288 e. The summed E-state index contributed by atoms with van der Waals surface area (Å²) in [6, 6.07) is 3.96. The third kappa shape index (κ3) is 5.01. The number of benzene rings is 1. The average molecular weight is 316 g/mol. The number of hydrazine groups is 1. The van der Waals surface area contributed by atoms with Gasteiger partial charge < -0.3 is 5.11 Å². The van der Waals surface area contributed by atoms with Crippen molar-refractivity contribution in [1.82, 2.24) is 10.9 Å². The van der Waals surface area contributed by atoms with Crippen LogP contribution in [0.4, 0.5) is 5.69 Å². The summed E-state index contributed by atoms with van der Waals surface area (Å²) in [7, 11) is 0. The van der Waals surface area contributed by atoms with Crippen LogP contribution >= 0.6 is 11.6 Å². The van der Waals surface area contributed by atoms with Crippen LogP contribution in [0, 0.1) is 10.1 Å². The summed E-state index contributed by atoms with van der Waals surface area (Å²) in [6.45, 7) is 2.52. The molecule has 0 spiro atoms. The van der Waals surface area contributed by atoms with E-state index in [1.807, 2.05) is 5.43 Å². The van der Waals surface area contributed by atoms with Gasteiger partial charge in [-0.15, -0.1) is 0 Å². The molecule has 0 atom stereocenters. The molecule has 3 N–H and O–H groups in total. The number of carbonyl (C=O) groups excluding carboxylic acids is 2. The number of nitro benzene ring substituents is 1. The summed E-state index contributed by atoms with van der Waals surface area (Å²) in [5.74, 6) is -1.37. The Bertz CT molecular complexity index is 583. The number of hydrogen-bond acceptors (Lipinski definition) is 5. The highest BCUT2D eigenvalue weighted by Crippen LogP contribution is 2.25. The van der Waals surface area contributed by atoms with E-state index < -0.39 is 22.3 Å². The molecule has 114 valence electrons. The first-order valence-corrected chi connectivity index (χ1v) is 6.23. The maximum Gasteiger partial charge on any atom is 0.288 e. The first-order valence-electron chi connectivity index (χ1n) is 5.85. The fourth-order valence-electron chi connectivity index (χ4n) is 1.32. The van der Waals surface area contributed by atoms with E-state index in [-0.39, 0.29) is 17.1 Å². The van der Waals surface area contributed by atoms with E-state index in [1.165, 1.54) is 32.0 Å². The molecule has 21 heavy (non-hydrogen) atoms.